The summed E-state index contributed by atoms with van der Waals surface area (Å²) in [5, 5.41) is 0. The normalized spacial score (nSPS) is 11.1. The van der Waals surface area contributed by atoms with Crippen LogP contribution in [0.2, 0.25) is 0 Å². The molecule has 4 heteroatoms. The van der Waals surface area contributed by atoms with E-state index in [9.17, 15) is 9.59 Å². The molecule has 0 rings (SSSR count). The standard InChI is InChI=1S/C23H38O4/c1-3-5-6-7-8-9-10-11-12-13-14-15-16-17-18-19-23(25)27-21-20-26-22(24)4-2/h4,9-12H,2-3,5-8,13-21H2,1H3/b10-9+,12-11-. The topological polar surface area (TPSA) is 52.6 Å². The fourth-order valence-corrected chi connectivity index (χ4v) is 2.53. The number of unbranched alkanes of at least 4 members (excludes halogenated alkanes) is 9. The minimum absolute atomic E-state index is 0.0815. The molecule has 0 heterocycles. The van der Waals surface area contributed by atoms with Crippen molar-refractivity contribution in [2.24, 2.45) is 0 Å². The molecular formula is C23H38O4. The largest absolute Gasteiger partial charge is 0.462 e. The Morgan fingerprint density at radius 2 is 1.33 bits per heavy atom. The smallest absolute Gasteiger partial charge is 0.330 e. The molecule has 0 aliphatic rings. The molecule has 0 fully saturated rings. The number of allylic oxidation sites excluding steroid dienone is 4. The molecule has 0 bridgehead atoms. The molecule has 0 amide bonds. The molecule has 0 aromatic carbocycles. The fraction of sp³-hybridized carbons (Fsp3) is 0.652. The van der Waals surface area contributed by atoms with Crippen molar-refractivity contribution in [1.82, 2.24) is 0 Å². The van der Waals surface area contributed by atoms with Crippen LogP contribution < -0.4 is 0 Å². The molecule has 154 valence electrons. The minimum atomic E-state index is -0.501. The molecule has 27 heavy (non-hydrogen) atoms. The minimum Gasteiger partial charge on any atom is -0.462 e. The maximum absolute atomic E-state index is 11.5. The van der Waals surface area contributed by atoms with E-state index < -0.39 is 5.97 Å². The maximum atomic E-state index is 11.5. The van der Waals surface area contributed by atoms with Crippen LogP contribution in [0.3, 0.4) is 0 Å². The van der Waals surface area contributed by atoms with Crippen LogP contribution in [-0.4, -0.2) is 25.2 Å². The molecule has 0 saturated heterocycles. The molecule has 0 radical (unpaired) electrons. The number of esters is 2. The lowest BCUT2D eigenvalue weighted by molar-refractivity contribution is -0.149. The number of carbonyl (C=O) groups excluding carboxylic acids is 2. The number of carbonyl (C=O) groups is 2. The quantitative estimate of drug-likeness (QED) is 0.126. The Balaban J connectivity index is 3.33. The Bertz CT molecular complexity index is 438. The molecule has 4 nitrogen and oxygen atoms in total. The summed E-state index contributed by atoms with van der Waals surface area (Å²) in [7, 11) is 0. The number of hydrogen-bond acceptors (Lipinski definition) is 4. The first-order chi connectivity index (χ1) is 13.2. The number of hydrogen-bond donors (Lipinski definition) is 0. The van der Waals surface area contributed by atoms with Crippen molar-refractivity contribution >= 4 is 11.9 Å². The van der Waals surface area contributed by atoms with Gasteiger partial charge in [-0.25, -0.2) is 4.79 Å². The van der Waals surface area contributed by atoms with Gasteiger partial charge < -0.3 is 9.47 Å². The van der Waals surface area contributed by atoms with Gasteiger partial charge in [-0.2, -0.15) is 0 Å². The van der Waals surface area contributed by atoms with E-state index in [2.05, 4.69) is 37.8 Å². The van der Waals surface area contributed by atoms with E-state index in [1.807, 2.05) is 0 Å². The zero-order chi connectivity index (χ0) is 20.0. The van der Waals surface area contributed by atoms with Gasteiger partial charge >= 0.3 is 11.9 Å². The first-order valence-electron chi connectivity index (χ1n) is 10.5. The molecular weight excluding hydrogens is 340 g/mol. The average molecular weight is 379 g/mol. The van der Waals surface area contributed by atoms with Gasteiger partial charge in [0.15, 0.2) is 0 Å². The summed E-state index contributed by atoms with van der Waals surface area (Å²) in [6.07, 6.45) is 23.3. The Morgan fingerprint density at radius 1 is 0.778 bits per heavy atom. The highest BCUT2D eigenvalue weighted by atomic mass is 16.6. The summed E-state index contributed by atoms with van der Waals surface area (Å²) in [5.41, 5.74) is 0. The lowest BCUT2D eigenvalue weighted by Crippen LogP contribution is -2.12. The second-order valence-electron chi connectivity index (χ2n) is 6.60. The monoisotopic (exact) mass is 378 g/mol. The fourth-order valence-electron chi connectivity index (χ4n) is 2.53. The molecule has 0 aliphatic heterocycles. The zero-order valence-electron chi connectivity index (χ0n) is 17.1. The zero-order valence-corrected chi connectivity index (χ0v) is 17.1. The van der Waals surface area contributed by atoms with E-state index in [-0.39, 0.29) is 19.2 Å². The van der Waals surface area contributed by atoms with Gasteiger partial charge in [-0.15, -0.1) is 0 Å². The highest BCUT2D eigenvalue weighted by Gasteiger charge is 2.03. The molecule has 0 spiro atoms. The van der Waals surface area contributed by atoms with Crippen molar-refractivity contribution in [2.75, 3.05) is 13.2 Å². The third-order valence-electron chi connectivity index (χ3n) is 4.12. The van der Waals surface area contributed by atoms with Gasteiger partial charge in [0.2, 0.25) is 0 Å². The lowest BCUT2D eigenvalue weighted by atomic mass is 10.1. The molecule has 0 unspecified atom stereocenters. The lowest BCUT2D eigenvalue weighted by Gasteiger charge is -2.05. The van der Waals surface area contributed by atoms with Gasteiger partial charge in [-0.1, -0.05) is 76.3 Å². The predicted octanol–water partition coefficient (Wildman–Crippen LogP) is 6.07. The molecule has 0 atom stereocenters. The Morgan fingerprint density at radius 3 is 1.96 bits per heavy atom. The van der Waals surface area contributed by atoms with Crippen molar-refractivity contribution < 1.29 is 19.1 Å². The highest BCUT2D eigenvalue weighted by Crippen LogP contribution is 2.08. The van der Waals surface area contributed by atoms with E-state index in [0.717, 1.165) is 31.8 Å². The van der Waals surface area contributed by atoms with Gasteiger partial charge in [-0.3, -0.25) is 4.79 Å². The van der Waals surface area contributed by atoms with E-state index in [0.29, 0.717) is 6.42 Å². The number of ether oxygens (including phenoxy) is 2. The van der Waals surface area contributed by atoms with E-state index in [1.165, 1.54) is 44.9 Å². The van der Waals surface area contributed by atoms with Gasteiger partial charge in [-0.05, 0) is 32.1 Å². The highest BCUT2D eigenvalue weighted by molar-refractivity contribution is 5.81. The molecule has 0 aromatic heterocycles. The van der Waals surface area contributed by atoms with Crippen LogP contribution in [0.25, 0.3) is 0 Å². The maximum Gasteiger partial charge on any atom is 0.330 e. The van der Waals surface area contributed by atoms with E-state index in [4.69, 9.17) is 9.47 Å². The summed E-state index contributed by atoms with van der Waals surface area (Å²) in [6, 6.07) is 0. The van der Waals surface area contributed by atoms with Crippen molar-refractivity contribution in [3.63, 3.8) is 0 Å². The second kappa shape index (κ2) is 20.5. The van der Waals surface area contributed by atoms with Gasteiger partial charge in [0, 0.05) is 12.5 Å². The molecule has 0 N–H and O–H groups in total. The summed E-state index contributed by atoms with van der Waals surface area (Å²) in [6.45, 7) is 5.72. The third-order valence-corrected chi connectivity index (χ3v) is 4.12. The summed E-state index contributed by atoms with van der Waals surface area (Å²) in [4.78, 5) is 22.3. The van der Waals surface area contributed by atoms with Crippen molar-refractivity contribution in [2.45, 2.75) is 84.0 Å². The van der Waals surface area contributed by atoms with Crippen LogP contribution >= 0.6 is 0 Å². The Labute approximate surface area is 165 Å². The van der Waals surface area contributed by atoms with Crippen molar-refractivity contribution in [1.29, 1.82) is 0 Å². The molecule has 0 aliphatic carbocycles. The van der Waals surface area contributed by atoms with E-state index >= 15 is 0 Å². The SMILES string of the molecule is C=CC(=O)OCCOC(=O)CCCCCCC/C=C\C=C\CCCCCC. The van der Waals surface area contributed by atoms with Gasteiger partial charge in [0.1, 0.15) is 13.2 Å². The van der Waals surface area contributed by atoms with Crippen LogP contribution in [-0.2, 0) is 19.1 Å². The van der Waals surface area contributed by atoms with E-state index in [1.54, 1.807) is 0 Å². The summed E-state index contributed by atoms with van der Waals surface area (Å²) in [5.74, 6) is -0.728. The van der Waals surface area contributed by atoms with Crippen molar-refractivity contribution in [3.8, 4) is 0 Å². The summed E-state index contributed by atoms with van der Waals surface area (Å²) < 4.78 is 9.72. The summed E-state index contributed by atoms with van der Waals surface area (Å²) >= 11 is 0. The van der Waals surface area contributed by atoms with Gasteiger partial charge in [0.05, 0.1) is 0 Å². The Hall–Kier alpha value is -1.84. The van der Waals surface area contributed by atoms with Crippen molar-refractivity contribution in [3.05, 3.63) is 37.0 Å². The first-order valence-corrected chi connectivity index (χ1v) is 10.5. The van der Waals surface area contributed by atoms with Crippen LogP contribution in [0, 0.1) is 0 Å². The first kappa shape index (κ1) is 25.2. The van der Waals surface area contributed by atoms with Crippen LogP contribution in [0.1, 0.15) is 84.0 Å². The Kier molecular flexibility index (Phi) is 19.1. The molecule has 0 saturated carbocycles. The van der Waals surface area contributed by atoms with Crippen LogP contribution in [0.15, 0.2) is 37.0 Å². The third kappa shape index (κ3) is 20.3. The predicted molar refractivity (Wildman–Crippen MR) is 111 cm³/mol. The average Bonchev–Trinajstić information content (AvgIpc) is 2.68. The van der Waals surface area contributed by atoms with Gasteiger partial charge in [0.25, 0.3) is 0 Å². The molecule has 0 aromatic rings. The van der Waals surface area contributed by atoms with Crippen LogP contribution in [0.5, 0.6) is 0 Å². The second-order valence-corrected chi connectivity index (χ2v) is 6.60. The number of rotatable bonds is 18. The van der Waals surface area contributed by atoms with Crippen LogP contribution in [0.4, 0.5) is 0 Å².